The van der Waals surface area contributed by atoms with Crippen molar-refractivity contribution >= 4 is 17.6 Å². The molecule has 1 heterocycles. The highest BCUT2D eigenvalue weighted by Gasteiger charge is 2.25. The zero-order valence-corrected chi connectivity index (χ0v) is 14.3. The zero-order valence-electron chi connectivity index (χ0n) is 14.3. The maximum Gasteiger partial charge on any atom is 0.319 e. The van der Waals surface area contributed by atoms with Crippen molar-refractivity contribution in [3.8, 4) is 6.07 Å². The maximum atomic E-state index is 12.4. The molecule has 2 aromatic carbocycles. The van der Waals surface area contributed by atoms with Crippen molar-refractivity contribution in [3.63, 3.8) is 0 Å². The number of carbonyl (C=O) groups excluding carboxylic acids is 2. The molecule has 1 saturated heterocycles. The van der Waals surface area contributed by atoms with Gasteiger partial charge in [0.15, 0.2) is 0 Å². The van der Waals surface area contributed by atoms with Crippen molar-refractivity contribution in [1.82, 2.24) is 10.2 Å². The molecular weight excluding hydrogens is 328 g/mol. The van der Waals surface area contributed by atoms with Crippen LogP contribution in [0.1, 0.15) is 30.0 Å². The third kappa shape index (κ3) is 4.39. The first-order valence-electron chi connectivity index (χ1n) is 8.56. The number of likely N-dealkylation sites (tertiary alicyclic amines) is 1. The lowest BCUT2D eigenvalue weighted by Gasteiger charge is -2.25. The van der Waals surface area contributed by atoms with Gasteiger partial charge in [-0.25, -0.2) is 4.79 Å². The first-order chi connectivity index (χ1) is 12.7. The van der Waals surface area contributed by atoms with Gasteiger partial charge in [0.2, 0.25) is 5.91 Å². The molecule has 0 aliphatic carbocycles. The molecule has 3 rings (SSSR count). The molecule has 2 N–H and O–H groups in total. The minimum Gasteiger partial charge on any atom is -0.340 e. The average molecular weight is 348 g/mol. The molecule has 26 heavy (non-hydrogen) atoms. The number of nitriles is 1. The number of hydrogen-bond acceptors (Lipinski definition) is 3. The van der Waals surface area contributed by atoms with Crippen LogP contribution in [0.15, 0.2) is 54.6 Å². The van der Waals surface area contributed by atoms with Crippen LogP contribution in [0.25, 0.3) is 0 Å². The van der Waals surface area contributed by atoms with Gasteiger partial charge in [-0.05, 0) is 30.2 Å². The summed E-state index contributed by atoms with van der Waals surface area (Å²) in [5.74, 6) is 0.120. The van der Waals surface area contributed by atoms with Crippen LogP contribution in [-0.2, 0) is 4.79 Å². The van der Waals surface area contributed by atoms with Crippen LogP contribution >= 0.6 is 0 Å². The first kappa shape index (κ1) is 17.5. The number of urea groups is 1. The Bertz CT molecular complexity index is 829. The number of hydrogen-bond donors (Lipinski definition) is 2. The Hall–Kier alpha value is -3.33. The van der Waals surface area contributed by atoms with Crippen LogP contribution in [0.5, 0.6) is 0 Å². The van der Waals surface area contributed by atoms with Crippen molar-refractivity contribution in [2.45, 2.75) is 18.9 Å². The second-order valence-corrected chi connectivity index (χ2v) is 6.20. The van der Waals surface area contributed by atoms with Crippen molar-refractivity contribution in [2.24, 2.45) is 0 Å². The standard InChI is InChI=1S/C20H20N4O2/c21-13-15-6-4-9-17(12-15)22-20(26)23-18(16-7-2-1-3-8-16)14-24-11-5-10-19(24)25/h1-4,6-9,12,18H,5,10-11,14H2,(H2,22,23,26)/t18-/m1/s1. The normalized spacial score (nSPS) is 14.6. The number of nitrogens with zero attached hydrogens (tertiary/aromatic N) is 2. The van der Waals surface area contributed by atoms with Gasteiger partial charge >= 0.3 is 6.03 Å². The van der Waals surface area contributed by atoms with E-state index in [-0.39, 0.29) is 18.0 Å². The molecule has 132 valence electrons. The highest BCUT2D eigenvalue weighted by molar-refractivity contribution is 5.89. The number of benzene rings is 2. The van der Waals surface area contributed by atoms with E-state index in [0.29, 0.717) is 24.2 Å². The van der Waals surface area contributed by atoms with E-state index < -0.39 is 0 Å². The molecule has 0 unspecified atom stereocenters. The fraction of sp³-hybridized carbons (Fsp3) is 0.250. The second kappa shape index (κ2) is 8.17. The number of rotatable bonds is 5. The Morgan fingerprint density at radius 1 is 1.19 bits per heavy atom. The predicted octanol–water partition coefficient (Wildman–Crippen LogP) is 3.04. The quantitative estimate of drug-likeness (QED) is 0.871. The van der Waals surface area contributed by atoms with Crippen LogP contribution in [-0.4, -0.2) is 29.9 Å². The summed E-state index contributed by atoms with van der Waals surface area (Å²) >= 11 is 0. The van der Waals surface area contributed by atoms with Crippen molar-refractivity contribution < 1.29 is 9.59 Å². The SMILES string of the molecule is N#Cc1cccc(NC(=O)N[C@H](CN2CCCC2=O)c2ccccc2)c1. The lowest BCUT2D eigenvalue weighted by molar-refractivity contribution is -0.128. The van der Waals surface area contributed by atoms with Crippen LogP contribution in [0.3, 0.4) is 0 Å². The third-order valence-electron chi connectivity index (χ3n) is 4.33. The number of anilines is 1. The number of amides is 3. The molecule has 0 saturated carbocycles. The summed E-state index contributed by atoms with van der Waals surface area (Å²) in [5.41, 5.74) is 1.96. The minimum atomic E-state index is -0.374. The third-order valence-corrected chi connectivity index (χ3v) is 4.33. The molecule has 2 aromatic rings. The van der Waals surface area contributed by atoms with Crippen molar-refractivity contribution in [2.75, 3.05) is 18.4 Å². The Morgan fingerprint density at radius 2 is 2.00 bits per heavy atom. The molecule has 1 aliphatic rings. The van der Waals surface area contributed by atoms with Gasteiger partial charge in [0.05, 0.1) is 17.7 Å². The summed E-state index contributed by atoms with van der Waals surface area (Å²) in [6.07, 6.45) is 1.42. The second-order valence-electron chi connectivity index (χ2n) is 6.20. The van der Waals surface area contributed by atoms with Gasteiger partial charge in [-0.1, -0.05) is 36.4 Å². The van der Waals surface area contributed by atoms with E-state index in [2.05, 4.69) is 10.6 Å². The van der Waals surface area contributed by atoms with E-state index in [1.807, 2.05) is 36.4 Å². The van der Waals surface area contributed by atoms with E-state index >= 15 is 0 Å². The van der Waals surface area contributed by atoms with Crippen LogP contribution in [0, 0.1) is 11.3 Å². The maximum absolute atomic E-state index is 12.4. The molecule has 1 fully saturated rings. The lowest BCUT2D eigenvalue weighted by Crippen LogP contribution is -2.40. The number of carbonyl (C=O) groups is 2. The van der Waals surface area contributed by atoms with Gasteiger partial charge in [0, 0.05) is 25.2 Å². The highest BCUT2D eigenvalue weighted by atomic mass is 16.2. The number of nitrogens with one attached hydrogen (secondary N) is 2. The molecule has 0 radical (unpaired) electrons. The first-order valence-corrected chi connectivity index (χ1v) is 8.56. The van der Waals surface area contributed by atoms with Gasteiger partial charge in [0.1, 0.15) is 0 Å². The highest BCUT2D eigenvalue weighted by Crippen LogP contribution is 2.19. The van der Waals surface area contributed by atoms with Gasteiger partial charge in [-0.15, -0.1) is 0 Å². The average Bonchev–Trinajstić information content (AvgIpc) is 3.06. The van der Waals surface area contributed by atoms with Crippen LogP contribution in [0.4, 0.5) is 10.5 Å². The molecular formula is C20H20N4O2. The van der Waals surface area contributed by atoms with E-state index in [4.69, 9.17) is 5.26 Å². The summed E-state index contributed by atoms with van der Waals surface area (Å²) in [5, 5.41) is 14.6. The Kier molecular flexibility index (Phi) is 5.49. The molecule has 3 amide bonds. The van der Waals surface area contributed by atoms with Crippen LogP contribution in [0.2, 0.25) is 0 Å². The molecule has 1 atom stereocenters. The molecule has 6 nitrogen and oxygen atoms in total. The largest absolute Gasteiger partial charge is 0.340 e. The van der Waals surface area contributed by atoms with Gasteiger partial charge in [-0.2, -0.15) is 5.26 Å². The topological polar surface area (TPSA) is 85.2 Å². The predicted molar refractivity (Wildman–Crippen MR) is 98.3 cm³/mol. The Morgan fingerprint density at radius 3 is 2.69 bits per heavy atom. The van der Waals surface area contributed by atoms with E-state index in [1.165, 1.54) is 0 Å². The summed E-state index contributed by atoms with van der Waals surface area (Å²) < 4.78 is 0. The van der Waals surface area contributed by atoms with Crippen molar-refractivity contribution in [3.05, 3.63) is 65.7 Å². The molecule has 0 bridgehead atoms. The van der Waals surface area contributed by atoms with Gasteiger partial charge in [0.25, 0.3) is 0 Å². The van der Waals surface area contributed by atoms with Gasteiger partial charge < -0.3 is 15.5 Å². The lowest BCUT2D eigenvalue weighted by atomic mass is 10.1. The fourth-order valence-corrected chi connectivity index (χ4v) is 3.03. The van der Waals surface area contributed by atoms with E-state index in [1.54, 1.807) is 29.2 Å². The molecule has 0 spiro atoms. The minimum absolute atomic E-state index is 0.120. The molecule has 6 heteroatoms. The summed E-state index contributed by atoms with van der Waals surface area (Å²) in [6, 6.07) is 17.7. The molecule has 0 aromatic heterocycles. The monoisotopic (exact) mass is 348 g/mol. The molecule has 1 aliphatic heterocycles. The van der Waals surface area contributed by atoms with E-state index in [9.17, 15) is 9.59 Å². The summed E-state index contributed by atoms with van der Waals surface area (Å²) in [7, 11) is 0. The van der Waals surface area contributed by atoms with E-state index in [0.717, 1.165) is 18.5 Å². The van der Waals surface area contributed by atoms with Crippen molar-refractivity contribution in [1.29, 1.82) is 5.26 Å². The fourth-order valence-electron chi connectivity index (χ4n) is 3.03. The summed E-state index contributed by atoms with van der Waals surface area (Å²) in [4.78, 5) is 26.2. The van der Waals surface area contributed by atoms with Crippen LogP contribution < -0.4 is 10.6 Å². The Labute approximate surface area is 152 Å². The zero-order chi connectivity index (χ0) is 18.4. The van der Waals surface area contributed by atoms with Gasteiger partial charge in [-0.3, -0.25) is 4.79 Å². The summed E-state index contributed by atoms with van der Waals surface area (Å²) in [6.45, 7) is 1.16. The Balaban J connectivity index is 1.71. The smallest absolute Gasteiger partial charge is 0.319 e.